The molecule has 0 aromatic heterocycles. The van der Waals surface area contributed by atoms with Gasteiger partial charge in [0.15, 0.2) is 0 Å². The summed E-state index contributed by atoms with van der Waals surface area (Å²) in [6.07, 6.45) is 1.41. The van der Waals surface area contributed by atoms with Crippen molar-refractivity contribution in [2.45, 2.75) is 24.9 Å². The average molecular weight is 234 g/mol. The second-order valence-electron chi connectivity index (χ2n) is 4.76. The summed E-state index contributed by atoms with van der Waals surface area (Å²) in [6, 6.07) is 10.1. The highest BCUT2D eigenvalue weighted by molar-refractivity contribution is 5.78. The molecule has 1 atom stereocenters. The number of likely N-dealkylation sites (tertiary alicyclic amines) is 1. The van der Waals surface area contributed by atoms with Crippen LogP contribution in [0.15, 0.2) is 30.3 Å². The van der Waals surface area contributed by atoms with Gasteiger partial charge in [-0.25, -0.2) is 0 Å². The number of carboxylic acids is 1. The Morgan fingerprint density at radius 2 is 2.12 bits per heavy atom. The second kappa shape index (κ2) is 4.85. The SMILES string of the molecule is NC1(C(=O)O)CCCN(Cc2ccccc2)C1. The van der Waals surface area contributed by atoms with Crippen molar-refractivity contribution in [1.82, 2.24) is 4.90 Å². The monoisotopic (exact) mass is 234 g/mol. The Morgan fingerprint density at radius 3 is 2.76 bits per heavy atom. The normalized spacial score (nSPS) is 25.7. The van der Waals surface area contributed by atoms with E-state index in [-0.39, 0.29) is 0 Å². The van der Waals surface area contributed by atoms with E-state index >= 15 is 0 Å². The summed E-state index contributed by atoms with van der Waals surface area (Å²) >= 11 is 0. The molecule has 2 rings (SSSR count). The molecule has 1 aromatic carbocycles. The molecular formula is C13H18N2O2. The first-order valence-electron chi connectivity index (χ1n) is 5.89. The van der Waals surface area contributed by atoms with Crippen molar-refractivity contribution < 1.29 is 9.90 Å². The maximum atomic E-state index is 11.1. The van der Waals surface area contributed by atoms with Crippen LogP contribution in [0, 0.1) is 0 Å². The summed E-state index contributed by atoms with van der Waals surface area (Å²) in [7, 11) is 0. The van der Waals surface area contributed by atoms with Gasteiger partial charge in [0.25, 0.3) is 0 Å². The molecular weight excluding hydrogens is 216 g/mol. The van der Waals surface area contributed by atoms with Gasteiger partial charge in [-0.05, 0) is 24.9 Å². The number of aliphatic carboxylic acids is 1. The molecule has 0 bridgehead atoms. The third kappa shape index (κ3) is 2.84. The van der Waals surface area contributed by atoms with Gasteiger partial charge in [-0.3, -0.25) is 9.69 Å². The van der Waals surface area contributed by atoms with E-state index in [1.165, 1.54) is 5.56 Å². The Balaban J connectivity index is 2.01. The van der Waals surface area contributed by atoms with Crippen LogP contribution < -0.4 is 5.73 Å². The predicted molar refractivity (Wildman–Crippen MR) is 65.5 cm³/mol. The highest BCUT2D eigenvalue weighted by atomic mass is 16.4. The molecule has 4 nitrogen and oxygen atoms in total. The zero-order chi connectivity index (χ0) is 12.3. The molecule has 0 radical (unpaired) electrons. The smallest absolute Gasteiger partial charge is 0.325 e. The molecule has 1 fully saturated rings. The quantitative estimate of drug-likeness (QED) is 0.821. The highest BCUT2D eigenvalue weighted by Gasteiger charge is 2.38. The van der Waals surface area contributed by atoms with Gasteiger partial charge in [0.05, 0.1) is 0 Å². The van der Waals surface area contributed by atoms with Crippen molar-refractivity contribution in [3.05, 3.63) is 35.9 Å². The first-order chi connectivity index (χ1) is 8.10. The van der Waals surface area contributed by atoms with Crippen LogP contribution in [0.5, 0.6) is 0 Å². The van der Waals surface area contributed by atoms with Crippen molar-refractivity contribution in [2.24, 2.45) is 5.73 Å². The Bertz CT molecular complexity index is 394. The largest absolute Gasteiger partial charge is 0.480 e. The first kappa shape index (κ1) is 12.1. The maximum Gasteiger partial charge on any atom is 0.325 e. The number of hydrogen-bond acceptors (Lipinski definition) is 3. The summed E-state index contributed by atoms with van der Waals surface area (Å²) in [5.74, 6) is -0.893. The number of nitrogens with two attached hydrogens (primary N) is 1. The third-order valence-electron chi connectivity index (χ3n) is 3.28. The van der Waals surface area contributed by atoms with Gasteiger partial charge in [-0.2, -0.15) is 0 Å². The van der Waals surface area contributed by atoms with Crippen LogP contribution in [0.4, 0.5) is 0 Å². The molecule has 1 unspecified atom stereocenters. The molecule has 1 aromatic rings. The standard InChI is InChI=1S/C13H18N2O2/c14-13(12(16)17)7-4-8-15(10-13)9-11-5-2-1-3-6-11/h1-3,5-6H,4,7-10,14H2,(H,16,17). The topological polar surface area (TPSA) is 66.6 Å². The van der Waals surface area contributed by atoms with E-state index in [1.54, 1.807) is 0 Å². The molecule has 1 saturated heterocycles. The molecule has 17 heavy (non-hydrogen) atoms. The zero-order valence-electron chi connectivity index (χ0n) is 9.80. The Morgan fingerprint density at radius 1 is 1.41 bits per heavy atom. The van der Waals surface area contributed by atoms with Crippen molar-refractivity contribution in [2.75, 3.05) is 13.1 Å². The highest BCUT2D eigenvalue weighted by Crippen LogP contribution is 2.20. The van der Waals surface area contributed by atoms with E-state index in [0.29, 0.717) is 13.0 Å². The molecule has 92 valence electrons. The van der Waals surface area contributed by atoms with E-state index in [4.69, 9.17) is 10.8 Å². The molecule has 1 heterocycles. The minimum atomic E-state index is -1.08. The summed E-state index contributed by atoms with van der Waals surface area (Å²) in [5.41, 5.74) is 6.02. The van der Waals surface area contributed by atoms with Crippen LogP contribution in [0.1, 0.15) is 18.4 Å². The minimum absolute atomic E-state index is 0.428. The summed E-state index contributed by atoms with van der Waals surface area (Å²) in [4.78, 5) is 13.2. The fourth-order valence-electron chi connectivity index (χ4n) is 2.33. The number of hydrogen-bond donors (Lipinski definition) is 2. The molecule has 0 spiro atoms. The van der Waals surface area contributed by atoms with Crippen LogP contribution in [-0.4, -0.2) is 34.6 Å². The van der Waals surface area contributed by atoms with Crippen molar-refractivity contribution in [1.29, 1.82) is 0 Å². The Hall–Kier alpha value is -1.39. The Labute approximate surface area is 101 Å². The van der Waals surface area contributed by atoms with E-state index in [1.807, 2.05) is 30.3 Å². The lowest BCUT2D eigenvalue weighted by Gasteiger charge is -2.37. The van der Waals surface area contributed by atoms with Gasteiger partial charge in [0.1, 0.15) is 5.54 Å². The van der Waals surface area contributed by atoms with Crippen LogP contribution in [0.25, 0.3) is 0 Å². The molecule has 1 aliphatic heterocycles. The van der Waals surface area contributed by atoms with Crippen molar-refractivity contribution in [3.63, 3.8) is 0 Å². The van der Waals surface area contributed by atoms with Crippen molar-refractivity contribution in [3.8, 4) is 0 Å². The zero-order valence-corrected chi connectivity index (χ0v) is 9.80. The number of carboxylic acid groups (broad SMARTS) is 1. The Kier molecular flexibility index (Phi) is 3.45. The lowest BCUT2D eigenvalue weighted by atomic mass is 9.90. The number of piperidine rings is 1. The molecule has 1 aliphatic rings. The predicted octanol–water partition coefficient (Wildman–Crippen LogP) is 1.06. The maximum absolute atomic E-state index is 11.1. The summed E-state index contributed by atoms with van der Waals surface area (Å²) in [6.45, 7) is 2.12. The number of benzene rings is 1. The average Bonchev–Trinajstić information content (AvgIpc) is 2.30. The molecule has 0 saturated carbocycles. The van der Waals surface area contributed by atoms with E-state index in [9.17, 15) is 4.79 Å². The van der Waals surface area contributed by atoms with Gasteiger partial charge in [-0.15, -0.1) is 0 Å². The van der Waals surface area contributed by atoms with Crippen LogP contribution >= 0.6 is 0 Å². The van der Waals surface area contributed by atoms with Crippen LogP contribution in [0.3, 0.4) is 0 Å². The van der Waals surface area contributed by atoms with Crippen LogP contribution in [0.2, 0.25) is 0 Å². The third-order valence-corrected chi connectivity index (χ3v) is 3.28. The summed E-state index contributed by atoms with van der Waals surface area (Å²) in [5, 5.41) is 9.13. The van der Waals surface area contributed by atoms with Gasteiger partial charge in [0, 0.05) is 13.1 Å². The van der Waals surface area contributed by atoms with E-state index in [0.717, 1.165) is 19.5 Å². The van der Waals surface area contributed by atoms with Crippen LogP contribution in [-0.2, 0) is 11.3 Å². The van der Waals surface area contributed by atoms with Gasteiger partial charge in [-0.1, -0.05) is 30.3 Å². The molecule has 4 heteroatoms. The fourth-order valence-corrected chi connectivity index (χ4v) is 2.33. The van der Waals surface area contributed by atoms with Gasteiger partial charge < -0.3 is 10.8 Å². The van der Waals surface area contributed by atoms with Gasteiger partial charge >= 0.3 is 5.97 Å². The fraction of sp³-hybridized carbons (Fsp3) is 0.462. The minimum Gasteiger partial charge on any atom is -0.480 e. The van der Waals surface area contributed by atoms with E-state index < -0.39 is 11.5 Å². The van der Waals surface area contributed by atoms with E-state index in [2.05, 4.69) is 4.90 Å². The lowest BCUT2D eigenvalue weighted by Crippen LogP contribution is -2.59. The summed E-state index contributed by atoms with van der Waals surface area (Å²) < 4.78 is 0. The lowest BCUT2D eigenvalue weighted by molar-refractivity contribution is -0.145. The molecule has 3 N–H and O–H groups in total. The van der Waals surface area contributed by atoms with Gasteiger partial charge in [0.2, 0.25) is 0 Å². The van der Waals surface area contributed by atoms with Crippen molar-refractivity contribution >= 4 is 5.97 Å². The first-order valence-corrected chi connectivity index (χ1v) is 5.89. The number of carbonyl (C=O) groups is 1. The number of rotatable bonds is 3. The second-order valence-corrected chi connectivity index (χ2v) is 4.76. The molecule has 0 amide bonds. The number of nitrogens with zero attached hydrogens (tertiary/aromatic N) is 1. The molecule has 0 aliphatic carbocycles.